The van der Waals surface area contributed by atoms with Gasteiger partial charge in [-0.1, -0.05) is 6.07 Å². The van der Waals surface area contributed by atoms with Crippen LogP contribution in [0.15, 0.2) is 73.6 Å². The lowest BCUT2D eigenvalue weighted by Gasteiger charge is -2.16. The summed E-state index contributed by atoms with van der Waals surface area (Å²) in [5, 5.41) is 15.8. The van der Waals surface area contributed by atoms with Gasteiger partial charge in [-0.2, -0.15) is 5.10 Å². The van der Waals surface area contributed by atoms with Crippen molar-refractivity contribution in [2.45, 2.75) is 25.1 Å². The van der Waals surface area contributed by atoms with Gasteiger partial charge < -0.3 is 10.6 Å². The van der Waals surface area contributed by atoms with Crippen LogP contribution in [0.4, 0.5) is 20.2 Å². The number of halogens is 2. The third-order valence-electron chi connectivity index (χ3n) is 7.18. The van der Waals surface area contributed by atoms with Gasteiger partial charge in [0.05, 0.1) is 35.3 Å². The number of pyridine rings is 3. The van der Waals surface area contributed by atoms with Crippen molar-refractivity contribution < 1.29 is 8.78 Å². The molecule has 0 radical (unpaired) electrons. The van der Waals surface area contributed by atoms with Crippen LogP contribution in [0.2, 0.25) is 0 Å². The number of anilines is 2. The van der Waals surface area contributed by atoms with Crippen molar-refractivity contribution in [2.24, 2.45) is 0 Å². The third kappa shape index (κ3) is 4.12. The smallest absolute Gasteiger partial charge is 0.261 e. The molecule has 8 nitrogen and oxygen atoms in total. The number of rotatable bonds is 5. The van der Waals surface area contributed by atoms with Gasteiger partial charge in [0.2, 0.25) is 0 Å². The number of fused-ring (bicyclic) bond motifs is 2. The molecular formula is C28H24F2N8. The van der Waals surface area contributed by atoms with E-state index in [0.717, 1.165) is 55.8 Å². The summed E-state index contributed by atoms with van der Waals surface area (Å²) < 4.78 is 27.3. The molecule has 3 N–H and O–H groups in total. The molecule has 2 aliphatic heterocycles. The van der Waals surface area contributed by atoms with Crippen molar-refractivity contribution >= 4 is 22.3 Å². The molecule has 0 saturated carbocycles. The maximum atomic E-state index is 13.6. The highest BCUT2D eigenvalue weighted by Crippen LogP contribution is 2.42. The van der Waals surface area contributed by atoms with Crippen LogP contribution in [0.5, 0.6) is 0 Å². The van der Waals surface area contributed by atoms with Gasteiger partial charge in [0.1, 0.15) is 6.17 Å². The molecule has 1 aromatic carbocycles. The Morgan fingerprint density at radius 1 is 0.895 bits per heavy atom. The van der Waals surface area contributed by atoms with Crippen molar-refractivity contribution in [3.63, 3.8) is 0 Å². The standard InChI is InChI=1S/C28H24F2N8/c29-28(30)5-8-38(16-28)15-17-9-20(12-32-11-17)19-1-2-23-21(10-19)26(37-36-23)27-34-24-14-33-13-22(25(24)35-27)18-3-6-31-7-4-18/h1-4,6-7,9-14,27,34-35H,5,8,15-16H2,(H,36,37). The maximum absolute atomic E-state index is 13.6. The minimum absolute atomic E-state index is 0.0900. The van der Waals surface area contributed by atoms with Crippen LogP contribution in [0.1, 0.15) is 23.8 Å². The average Bonchev–Trinajstić information content (AvgIpc) is 3.64. The monoisotopic (exact) mass is 510 g/mol. The highest BCUT2D eigenvalue weighted by Gasteiger charge is 2.38. The Labute approximate surface area is 217 Å². The Bertz CT molecular complexity index is 1640. The van der Waals surface area contributed by atoms with Gasteiger partial charge in [-0.05, 0) is 47.0 Å². The van der Waals surface area contributed by atoms with Crippen molar-refractivity contribution in [1.82, 2.24) is 30.0 Å². The zero-order chi connectivity index (χ0) is 25.7. The summed E-state index contributed by atoms with van der Waals surface area (Å²) in [5.41, 5.74) is 8.48. The lowest BCUT2D eigenvalue weighted by Crippen LogP contribution is -2.24. The lowest BCUT2D eigenvalue weighted by molar-refractivity contribution is 0.0115. The molecule has 2 aliphatic rings. The number of H-pyrrole nitrogens is 1. The molecule has 38 heavy (non-hydrogen) atoms. The third-order valence-corrected chi connectivity index (χ3v) is 7.18. The van der Waals surface area contributed by atoms with E-state index in [4.69, 9.17) is 0 Å². The molecule has 0 spiro atoms. The molecule has 1 saturated heterocycles. The van der Waals surface area contributed by atoms with E-state index >= 15 is 0 Å². The first kappa shape index (κ1) is 22.7. The summed E-state index contributed by atoms with van der Waals surface area (Å²) in [6.07, 6.45) is 10.4. The fourth-order valence-corrected chi connectivity index (χ4v) is 5.32. The molecule has 190 valence electrons. The van der Waals surface area contributed by atoms with Crippen LogP contribution in [-0.4, -0.2) is 49.1 Å². The fraction of sp³-hybridized carbons (Fsp3) is 0.214. The van der Waals surface area contributed by atoms with Gasteiger partial charge in [-0.25, -0.2) is 8.78 Å². The van der Waals surface area contributed by atoms with Gasteiger partial charge in [0, 0.05) is 67.0 Å². The number of nitrogens with zero attached hydrogens (tertiary/aromatic N) is 5. The number of likely N-dealkylation sites (tertiary alicyclic amines) is 1. The van der Waals surface area contributed by atoms with Gasteiger partial charge >= 0.3 is 0 Å². The summed E-state index contributed by atoms with van der Waals surface area (Å²) in [4.78, 5) is 14.7. The average molecular weight is 511 g/mol. The molecule has 5 aromatic rings. The molecule has 0 amide bonds. The molecule has 1 fully saturated rings. The number of hydrogen-bond donors (Lipinski definition) is 3. The Kier molecular flexibility index (Phi) is 5.29. The minimum atomic E-state index is -2.61. The SMILES string of the molecule is FC1(F)CCN(Cc2cncc(-c3ccc4n[nH]c(C5Nc6cncc(-c7ccncc7)c6N5)c4c3)c2)C1. The van der Waals surface area contributed by atoms with Crippen LogP contribution < -0.4 is 10.6 Å². The number of aromatic amines is 1. The van der Waals surface area contributed by atoms with E-state index in [2.05, 4.69) is 41.8 Å². The zero-order valence-corrected chi connectivity index (χ0v) is 20.3. The Morgan fingerprint density at radius 2 is 1.76 bits per heavy atom. The van der Waals surface area contributed by atoms with Crippen LogP contribution in [0.25, 0.3) is 33.2 Å². The van der Waals surface area contributed by atoms with Crippen molar-refractivity contribution in [1.29, 1.82) is 0 Å². The minimum Gasteiger partial charge on any atom is -0.358 e. The molecule has 1 unspecified atom stereocenters. The number of hydrogen-bond acceptors (Lipinski definition) is 7. The van der Waals surface area contributed by atoms with E-state index in [9.17, 15) is 8.78 Å². The first-order chi connectivity index (χ1) is 18.5. The molecule has 7 rings (SSSR count). The van der Waals surface area contributed by atoms with E-state index in [1.807, 2.05) is 42.7 Å². The molecule has 6 heterocycles. The van der Waals surface area contributed by atoms with E-state index in [1.54, 1.807) is 29.7 Å². The van der Waals surface area contributed by atoms with Gasteiger partial charge in [-0.3, -0.25) is 25.0 Å². The number of benzene rings is 1. The van der Waals surface area contributed by atoms with Crippen LogP contribution in [0.3, 0.4) is 0 Å². The van der Waals surface area contributed by atoms with E-state index in [0.29, 0.717) is 13.1 Å². The van der Waals surface area contributed by atoms with E-state index < -0.39 is 5.92 Å². The first-order valence-corrected chi connectivity index (χ1v) is 12.5. The number of aromatic nitrogens is 5. The second-order valence-corrected chi connectivity index (χ2v) is 9.83. The molecule has 1 atom stereocenters. The number of alkyl halides is 2. The van der Waals surface area contributed by atoms with Gasteiger partial charge in [-0.15, -0.1) is 0 Å². The second-order valence-electron chi connectivity index (χ2n) is 9.83. The normalized spacial score (nSPS) is 18.3. The molecule has 4 aromatic heterocycles. The Morgan fingerprint density at radius 3 is 2.61 bits per heavy atom. The summed E-state index contributed by atoms with van der Waals surface area (Å²) >= 11 is 0. The fourth-order valence-electron chi connectivity index (χ4n) is 5.32. The Balaban J connectivity index is 1.18. The van der Waals surface area contributed by atoms with E-state index in [1.165, 1.54) is 0 Å². The zero-order valence-electron chi connectivity index (χ0n) is 20.3. The molecule has 0 bridgehead atoms. The van der Waals surface area contributed by atoms with E-state index in [-0.39, 0.29) is 19.1 Å². The first-order valence-electron chi connectivity index (χ1n) is 12.5. The molecule has 10 heteroatoms. The predicted octanol–water partition coefficient (Wildman–Crippen LogP) is 5.46. The quantitative estimate of drug-likeness (QED) is 0.289. The second kappa shape index (κ2) is 8.84. The van der Waals surface area contributed by atoms with Crippen LogP contribution in [-0.2, 0) is 6.54 Å². The molecule has 0 aliphatic carbocycles. The topological polar surface area (TPSA) is 94.7 Å². The van der Waals surface area contributed by atoms with Crippen LogP contribution in [0, 0.1) is 0 Å². The predicted molar refractivity (Wildman–Crippen MR) is 142 cm³/mol. The number of nitrogens with one attached hydrogen (secondary N) is 3. The van der Waals surface area contributed by atoms with Crippen LogP contribution >= 0.6 is 0 Å². The molecular weight excluding hydrogens is 486 g/mol. The Hall–Kier alpha value is -4.44. The summed E-state index contributed by atoms with van der Waals surface area (Å²) in [7, 11) is 0. The largest absolute Gasteiger partial charge is 0.358 e. The van der Waals surface area contributed by atoms with Gasteiger partial charge in [0.15, 0.2) is 0 Å². The van der Waals surface area contributed by atoms with Crippen molar-refractivity contribution in [3.8, 4) is 22.3 Å². The summed E-state index contributed by atoms with van der Waals surface area (Å²) in [6.45, 7) is 0.644. The summed E-state index contributed by atoms with van der Waals surface area (Å²) in [6, 6.07) is 12.0. The van der Waals surface area contributed by atoms with Crippen molar-refractivity contribution in [2.75, 3.05) is 23.7 Å². The lowest BCUT2D eigenvalue weighted by atomic mass is 10.0. The maximum Gasteiger partial charge on any atom is 0.261 e. The highest BCUT2D eigenvalue weighted by molar-refractivity contribution is 5.92. The summed E-state index contributed by atoms with van der Waals surface area (Å²) in [5.74, 6) is -2.61. The highest BCUT2D eigenvalue weighted by atomic mass is 19.3. The van der Waals surface area contributed by atoms with Gasteiger partial charge in [0.25, 0.3) is 5.92 Å². The van der Waals surface area contributed by atoms with Crippen molar-refractivity contribution in [3.05, 3.63) is 84.8 Å².